The van der Waals surface area contributed by atoms with Gasteiger partial charge in [-0.3, -0.25) is 0 Å². The molecule has 0 aliphatic carbocycles. The molecule has 0 radical (unpaired) electrons. The van der Waals surface area contributed by atoms with Gasteiger partial charge in [0, 0.05) is 5.54 Å². The van der Waals surface area contributed by atoms with Crippen molar-refractivity contribution >= 4 is 22.9 Å². The molecule has 2 aromatic rings. The van der Waals surface area contributed by atoms with Crippen LogP contribution >= 0.6 is 0 Å². The lowest BCUT2D eigenvalue weighted by Gasteiger charge is -2.32. The monoisotopic (exact) mass is 248 g/mol. The molecule has 0 saturated carbocycles. The zero-order chi connectivity index (χ0) is 13.2. The van der Waals surface area contributed by atoms with Crippen LogP contribution in [0, 0.1) is 0 Å². The zero-order valence-corrected chi connectivity index (χ0v) is 11.1. The summed E-state index contributed by atoms with van der Waals surface area (Å²) in [5, 5.41) is 3.51. The number of nitrogens with one attached hydrogen (secondary N) is 2. The van der Waals surface area contributed by atoms with Crippen LogP contribution in [0.1, 0.15) is 40.0 Å². The quantitative estimate of drug-likeness (QED) is 0.755. The fraction of sp³-hybridized carbons (Fsp3) is 0.583. The second-order valence-electron chi connectivity index (χ2n) is 4.50. The first-order chi connectivity index (χ1) is 8.64. The Morgan fingerprint density at radius 1 is 1.22 bits per heavy atom. The summed E-state index contributed by atoms with van der Waals surface area (Å²) in [4.78, 5) is 15.6. The van der Waals surface area contributed by atoms with Gasteiger partial charge in [-0.25, -0.2) is 4.98 Å². The summed E-state index contributed by atoms with van der Waals surface area (Å²) in [5.74, 6) is 0.981. The molecule has 0 aliphatic rings. The molecule has 2 heterocycles. The number of nitrogens with zero attached hydrogens (tertiary/aromatic N) is 3. The van der Waals surface area contributed by atoms with E-state index in [0.29, 0.717) is 5.65 Å². The van der Waals surface area contributed by atoms with E-state index in [1.165, 1.54) is 0 Å². The Morgan fingerprint density at radius 2 is 1.89 bits per heavy atom. The van der Waals surface area contributed by atoms with E-state index in [2.05, 4.69) is 46.0 Å². The Hall–Kier alpha value is -1.85. The summed E-state index contributed by atoms with van der Waals surface area (Å²) >= 11 is 0. The minimum atomic E-state index is 0.0405. The molecule has 0 amide bonds. The van der Waals surface area contributed by atoms with Crippen molar-refractivity contribution in [3.63, 3.8) is 0 Å². The van der Waals surface area contributed by atoms with Crippen LogP contribution in [0.4, 0.5) is 11.8 Å². The number of anilines is 2. The topological polar surface area (TPSA) is 92.5 Å². The van der Waals surface area contributed by atoms with Crippen molar-refractivity contribution < 1.29 is 0 Å². The molecule has 2 aromatic heterocycles. The molecule has 0 aliphatic heterocycles. The smallest absolute Gasteiger partial charge is 0.224 e. The van der Waals surface area contributed by atoms with Gasteiger partial charge in [-0.1, -0.05) is 20.8 Å². The molecule has 0 saturated heterocycles. The average Bonchev–Trinajstić information content (AvgIpc) is 2.84. The molecule has 0 spiro atoms. The summed E-state index contributed by atoms with van der Waals surface area (Å²) < 4.78 is 0. The number of H-pyrrole nitrogens is 1. The molecular formula is C12H20N6. The van der Waals surface area contributed by atoms with Crippen LogP contribution in [0.15, 0.2) is 6.33 Å². The van der Waals surface area contributed by atoms with Crippen molar-refractivity contribution in [2.75, 3.05) is 11.1 Å². The first-order valence-electron chi connectivity index (χ1n) is 6.39. The van der Waals surface area contributed by atoms with E-state index in [0.717, 1.165) is 30.6 Å². The predicted molar refractivity (Wildman–Crippen MR) is 73.3 cm³/mol. The second-order valence-corrected chi connectivity index (χ2v) is 4.50. The Kier molecular flexibility index (Phi) is 3.36. The fourth-order valence-electron chi connectivity index (χ4n) is 2.21. The van der Waals surface area contributed by atoms with E-state index in [4.69, 9.17) is 5.73 Å². The SMILES string of the molecule is CCC(CC)(CC)Nc1nc(N)nc2nc[nH]c12. The number of hydrogen-bond donors (Lipinski definition) is 3. The van der Waals surface area contributed by atoms with Crippen molar-refractivity contribution in [3.05, 3.63) is 6.33 Å². The van der Waals surface area contributed by atoms with Gasteiger partial charge in [-0.05, 0) is 19.3 Å². The highest BCUT2D eigenvalue weighted by Gasteiger charge is 2.25. The maximum absolute atomic E-state index is 5.71. The van der Waals surface area contributed by atoms with Gasteiger partial charge in [0.25, 0.3) is 0 Å². The molecule has 6 heteroatoms. The number of aromatic amines is 1. The maximum Gasteiger partial charge on any atom is 0.224 e. The van der Waals surface area contributed by atoms with E-state index in [1.807, 2.05) is 0 Å². The highest BCUT2D eigenvalue weighted by molar-refractivity contribution is 5.83. The molecule has 0 unspecified atom stereocenters. The molecule has 2 rings (SSSR count). The van der Waals surface area contributed by atoms with Crippen molar-refractivity contribution in [1.29, 1.82) is 0 Å². The highest BCUT2D eigenvalue weighted by atomic mass is 15.2. The van der Waals surface area contributed by atoms with Crippen molar-refractivity contribution in [2.45, 2.75) is 45.6 Å². The van der Waals surface area contributed by atoms with Gasteiger partial charge in [0.1, 0.15) is 5.52 Å². The Labute approximate surface area is 106 Å². The number of imidazole rings is 1. The van der Waals surface area contributed by atoms with Crippen LogP contribution in [0.3, 0.4) is 0 Å². The van der Waals surface area contributed by atoms with Crippen LogP contribution in [-0.4, -0.2) is 25.5 Å². The fourth-order valence-corrected chi connectivity index (χ4v) is 2.21. The number of nitrogen functional groups attached to an aromatic ring is 1. The summed E-state index contributed by atoms with van der Waals surface area (Å²) in [6, 6.07) is 0. The minimum Gasteiger partial charge on any atom is -0.368 e. The molecule has 4 N–H and O–H groups in total. The van der Waals surface area contributed by atoms with Gasteiger partial charge >= 0.3 is 0 Å². The molecule has 6 nitrogen and oxygen atoms in total. The van der Waals surface area contributed by atoms with Crippen LogP contribution in [0.5, 0.6) is 0 Å². The number of hydrogen-bond acceptors (Lipinski definition) is 5. The summed E-state index contributed by atoms with van der Waals surface area (Å²) in [6.07, 6.45) is 4.69. The lowest BCUT2D eigenvalue weighted by Crippen LogP contribution is -2.36. The third-order valence-electron chi connectivity index (χ3n) is 3.72. The van der Waals surface area contributed by atoms with Gasteiger partial charge in [-0.2, -0.15) is 9.97 Å². The van der Waals surface area contributed by atoms with Gasteiger partial charge in [0.2, 0.25) is 5.95 Å². The number of aromatic nitrogens is 4. The lowest BCUT2D eigenvalue weighted by molar-refractivity contribution is 0.419. The third-order valence-corrected chi connectivity index (χ3v) is 3.72. The lowest BCUT2D eigenvalue weighted by atomic mass is 9.90. The number of rotatable bonds is 5. The van der Waals surface area contributed by atoms with Crippen LogP contribution in [-0.2, 0) is 0 Å². The summed E-state index contributed by atoms with van der Waals surface area (Å²) in [5.41, 5.74) is 7.16. The average molecular weight is 248 g/mol. The highest BCUT2D eigenvalue weighted by Crippen LogP contribution is 2.27. The Balaban J connectivity index is 2.44. The van der Waals surface area contributed by atoms with E-state index in [9.17, 15) is 0 Å². The van der Waals surface area contributed by atoms with E-state index in [1.54, 1.807) is 6.33 Å². The van der Waals surface area contributed by atoms with Crippen LogP contribution in [0.25, 0.3) is 11.2 Å². The molecule has 0 atom stereocenters. The molecule has 0 bridgehead atoms. The van der Waals surface area contributed by atoms with Gasteiger partial charge < -0.3 is 16.0 Å². The Bertz CT molecular complexity index is 520. The van der Waals surface area contributed by atoms with Crippen LogP contribution in [0.2, 0.25) is 0 Å². The molecule has 18 heavy (non-hydrogen) atoms. The normalized spacial score (nSPS) is 11.9. The molecule has 0 fully saturated rings. The van der Waals surface area contributed by atoms with E-state index >= 15 is 0 Å². The zero-order valence-electron chi connectivity index (χ0n) is 11.1. The van der Waals surface area contributed by atoms with Gasteiger partial charge in [-0.15, -0.1) is 0 Å². The summed E-state index contributed by atoms with van der Waals surface area (Å²) in [6.45, 7) is 6.53. The molecule has 0 aromatic carbocycles. The number of fused-ring (bicyclic) bond motifs is 1. The van der Waals surface area contributed by atoms with Crippen LogP contribution < -0.4 is 11.1 Å². The standard InChI is InChI=1S/C12H20N6/c1-4-12(5-2,6-3)18-10-8-9(15-7-14-8)16-11(13)17-10/h7H,4-6H2,1-3H3,(H4,13,14,15,16,17,18). The van der Waals surface area contributed by atoms with Gasteiger partial charge in [0.05, 0.1) is 6.33 Å². The minimum absolute atomic E-state index is 0.0405. The predicted octanol–water partition coefficient (Wildman–Crippen LogP) is 2.32. The second kappa shape index (κ2) is 4.80. The van der Waals surface area contributed by atoms with Crippen molar-refractivity contribution in [1.82, 2.24) is 19.9 Å². The first kappa shape index (κ1) is 12.6. The Morgan fingerprint density at radius 3 is 2.50 bits per heavy atom. The van der Waals surface area contributed by atoms with Crippen molar-refractivity contribution in [2.24, 2.45) is 0 Å². The van der Waals surface area contributed by atoms with E-state index < -0.39 is 0 Å². The van der Waals surface area contributed by atoms with E-state index in [-0.39, 0.29) is 11.5 Å². The molecular weight excluding hydrogens is 228 g/mol. The summed E-state index contributed by atoms with van der Waals surface area (Å²) in [7, 11) is 0. The largest absolute Gasteiger partial charge is 0.368 e. The third kappa shape index (κ3) is 2.10. The first-order valence-corrected chi connectivity index (χ1v) is 6.39. The number of nitrogens with two attached hydrogens (primary N) is 1. The molecule has 98 valence electrons. The maximum atomic E-state index is 5.71. The van der Waals surface area contributed by atoms with Crippen molar-refractivity contribution in [3.8, 4) is 0 Å². The van der Waals surface area contributed by atoms with Gasteiger partial charge in [0.15, 0.2) is 11.5 Å².